The maximum atomic E-state index is 11.5. The molecule has 1 heterocycles. The molecule has 2 aromatic rings. The third-order valence-electron chi connectivity index (χ3n) is 2.00. The summed E-state index contributed by atoms with van der Waals surface area (Å²) in [7, 11) is 6.66. The highest BCUT2D eigenvalue weighted by Gasteiger charge is 2.08. The maximum Gasteiger partial charge on any atom is 0.286 e. The number of nitrogens with zero attached hydrogens (tertiary/aromatic N) is 2. The molecular weight excluding hydrogens is 411 g/mol. The van der Waals surface area contributed by atoms with Gasteiger partial charge in [-0.3, -0.25) is 4.79 Å². The Morgan fingerprint density at radius 2 is 1.89 bits per heavy atom. The number of hydrogen-bond donors (Lipinski definition) is 0. The summed E-state index contributed by atoms with van der Waals surface area (Å²) in [6.45, 7) is 0. The van der Waals surface area contributed by atoms with Gasteiger partial charge in [0, 0.05) is 14.1 Å². The number of hydrogen-bond acceptors (Lipinski definition) is 5. The van der Waals surface area contributed by atoms with Crippen LogP contribution >= 0.6 is 56.4 Å². The lowest BCUT2D eigenvalue weighted by molar-refractivity contribution is 0.241. The van der Waals surface area contributed by atoms with Crippen LogP contribution in [0.1, 0.15) is 0 Å². The summed E-state index contributed by atoms with van der Waals surface area (Å²) in [6.07, 6.45) is 0. The Morgan fingerprint density at radius 3 is 2.53 bits per heavy atom. The van der Waals surface area contributed by atoms with Gasteiger partial charge in [-0.25, -0.2) is 4.99 Å². The van der Waals surface area contributed by atoms with Crippen LogP contribution < -0.4 is 4.67 Å². The first-order chi connectivity index (χ1) is 8.65. The minimum absolute atomic E-state index is 0. The summed E-state index contributed by atoms with van der Waals surface area (Å²) in [4.78, 5) is 17.6. The van der Waals surface area contributed by atoms with Gasteiger partial charge in [0.05, 0.1) is 9.90 Å². The number of halogens is 1. The van der Waals surface area contributed by atoms with Gasteiger partial charge in [0.15, 0.2) is 0 Å². The maximum absolute atomic E-state index is 11.5. The molecule has 0 bridgehead atoms. The number of carbonyl (C=O) groups excluding carboxylic acids is 1. The third kappa shape index (κ3) is 5.25. The lowest BCUT2D eigenvalue weighted by Crippen LogP contribution is -2.15. The molecule has 7 heteroatoms. The van der Waals surface area contributed by atoms with Crippen molar-refractivity contribution < 1.29 is 4.79 Å². The Bertz CT molecular complexity index is 592. The first kappa shape index (κ1) is 16.7. The molecule has 19 heavy (non-hydrogen) atoms. The molecule has 2 rings (SSSR count). The van der Waals surface area contributed by atoms with Crippen LogP contribution in [0.5, 0.6) is 0 Å². The highest BCUT2D eigenvalue weighted by molar-refractivity contribution is 14.0. The van der Waals surface area contributed by atoms with Crippen LogP contribution in [0.3, 0.4) is 0 Å². The molecule has 1 aromatic heterocycles. The van der Waals surface area contributed by atoms with Crippen LogP contribution in [0.2, 0.25) is 0 Å². The molecular formula is C12H13IN2OS3. The molecule has 0 unspecified atom stereocenters. The molecule has 0 saturated carbocycles. The molecule has 0 spiro atoms. The van der Waals surface area contributed by atoms with Crippen molar-refractivity contribution in [3.8, 4) is 0 Å². The standard InChI is InChI=1S/C12H12N2OS3.HI/c1-14(2)12(15)16-11-8-10(17-18-11)13-9-6-4-3-5-7-9;/h3-8H,1-2H3;1H. The summed E-state index contributed by atoms with van der Waals surface area (Å²) in [5.74, 6) is 0. The quantitative estimate of drug-likeness (QED) is 0.406. The van der Waals surface area contributed by atoms with Gasteiger partial charge < -0.3 is 4.90 Å². The van der Waals surface area contributed by atoms with Gasteiger partial charge in [-0.05, 0) is 30.0 Å². The van der Waals surface area contributed by atoms with E-state index in [0.717, 1.165) is 14.6 Å². The highest BCUT2D eigenvalue weighted by Crippen LogP contribution is 2.26. The van der Waals surface area contributed by atoms with E-state index in [-0.39, 0.29) is 29.2 Å². The van der Waals surface area contributed by atoms with E-state index in [2.05, 4.69) is 4.99 Å². The second-order valence-electron chi connectivity index (χ2n) is 3.68. The van der Waals surface area contributed by atoms with Crippen molar-refractivity contribution in [2.45, 2.75) is 4.21 Å². The second kappa shape index (κ2) is 8.03. The SMILES string of the molecule is CN(C)C(=O)Sc1cc(=Nc2ccccc2)ss1.I. The smallest absolute Gasteiger partial charge is 0.286 e. The van der Waals surface area contributed by atoms with Crippen LogP contribution in [0, 0.1) is 0 Å². The lowest BCUT2D eigenvalue weighted by Gasteiger charge is -2.06. The van der Waals surface area contributed by atoms with Crippen LogP contribution in [0.25, 0.3) is 0 Å². The number of amides is 1. The summed E-state index contributed by atoms with van der Waals surface area (Å²) < 4.78 is 1.91. The van der Waals surface area contributed by atoms with Gasteiger partial charge >= 0.3 is 0 Å². The molecule has 0 aliphatic rings. The van der Waals surface area contributed by atoms with Crippen molar-refractivity contribution in [2.75, 3.05) is 14.1 Å². The molecule has 1 amide bonds. The number of para-hydroxylation sites is 1. The monoisotopic (exact) mass is 424 g/mol. The summed E-state index contributed by atoms with van der Waals surface area (Å²) in [5, 5.41) is 0.0373. The van der Waals surface area contributed by atoms with E-state index in [1.54, 1.807) is 39.7 Å². The summed E-state index contributed by atoms with van der Waals surface area (Å²) >= 11 is 1.24. The van der Waals surface area contributed by atoms with Gasteiger partial charge in [-0.15, -0.1) is 24.0 Å². The molecule has 0 atom stereocenters. The number of thioether (sulfide) groups is 1. The molecule has 3 nitrogen and oxygen atoms in total. The first-order valence-electron chi connectivity index (χ1n) is 5.24. The Morgan fingerprint density at radius 1 is 1.21 bits per heavy atom. The molecule has 0 aliphatic heterocycles. The average Bonchev–Trinajstić information content (AvgIpc) is 2.77. The molecule has 0 aliphatic carbocycles. The van der Waals surface area contributed by atoms with Crippen molar-refractivity contribution in [2.24, 2.45) is 4.99 Å². The average molecular weight is 424 g/mol. The minimum atomic E-state index is 0. The Hall–Kier alpha value is -0.380. The molecule has 102 valence electrons. The molecule has 1 aromatic carbocycles. The summed E-state index contributed by atoms with van der Waals surface area (Å²) in [6, 6.07) is 11.8. The largest absolute Gasteiger partial charge is 0.339 e. The number of rotatable bonds is 2. The fourth-order valence-corrected chi connectivity index (χ4v) is 4.31. The van der Waals surface area contributed by atoms with E-state index >= 15 is 0 Å². The van der Waals surface area contributed by atoms with E-state index < -0.39 is 0 Å². The van der Waals surface area contributed by atoms with Crippen molar-refractivity contribution in [1.82, 2.24) is 4.90 Å². The summed E-state index contributed by atoms with van der Waals surface area (Å²) in [5.41, 5.74) is 0.932. The predicted molar refractivity (Wildman–Crippen MR) is 94.2 cm³/mol. The van der Waals surface area contributed by atoms with Gasteiger partial charge in [0.2, 0.25) is 0 Å². The fourth-order valence-electron chi connectivity index (χ4n) is 1.14. The van der Waals surface area contributed by atoms with E-state index in [9.17, 15) is 4.79 Å². The van der Waals surface area contributed by atoms with Gasteiger partial charge in [0.1, 0.15) is 4.67 Å². The van der Waals surface area contributed by atoms with Crippen LogP contribution in [0.15, 0.2) is 45.6 Å². The van der Waals surface area contributed by atoms with E-state index in [1.807, 2.05) is 36.4 Å². The third-order valence-corrected chi connectivity index (χ3v) is 5.72. The Labute approximate surface area is 140 Å². The molecule has 0 fully saturated rings. The van der Waals surface area contributed by atoms with Crippen LogP contribution in [-0.4, -0.2) is 24.2 Å². The fraction of sp³-hybridized carbons (Fsp3) is 0.167. The van der Waals surface area contributed by atoms with Crippen molar-refractivity contribution in [1.29, 1.82) is 0 Å². The van der Waals surface area contributed by atoms with Gasteiger partial charge in [-0.2, -0.15) is 0 Å². The number of carbonyl (C=O) groups is 1. The number of benzene rings is 1. The minimum Gasteiger partial charge on any atom is -0.339 e. The van der Waals surface area contributed by atoms with E-state index in [0.29, 0.717) is 0 Å². The molecule has 0 N–H and O–H groups in total. The molecule has 0 saturated heterocycles. The second-order valence-corrected chi connectivity index (χ2v) is 7.12. The Balaban J connectivity index is 0.00000180. The zero-order valence-corrected chi connectivity index (χ0v) is 15.2. The van der Waals surface area contributed by atoms with Crippen LogP contribution in [-0.2, 0) is 0 Å². The van der Waals surface area contributed by atoms with Gasteiger partial charge in [-0.1, -0.05) is 38.9 Å². The zero-order valence-electron chi connectivity index (χ0n) is 10.4. The topological polar surface area (TPSA) is 32.7 Å². The van der Waals surface area contributed by atoms with Gasteiger partial charge in [0.25, 0.3) is 5.24 Å². The van der Waals surface area contributed by atoms with E-state index in [4.69, 9.17) is 0 Å². The predicted octanol–water partition coefficient (Wildman–Crippen LogP) is 4.43. The van der Waals surface area contributed by atoms with Crippen LogP contribution in [0.4, 0.5) is 10.5 Å². The van der Waals surface area contributed by atoms with Crippen molar-refractivity contribution in [3.05, 3.63) is 41.1 Å². The van der Waals surface area contributed by atoms with Crippen molar-refractivity contribution >= 4 is 67.3 Å². The zero-order chi connectivity index (χ0) is 13.0. The Kier molecular flexibility index (Phi) is 7.05. The normalized spacial score (nSPS) is 10.9. The van der Waals surface area contributed by atoms with E-state index in [1.165, 1.54) is 11.8 Å². The first-order valence-corrected chi connectivity index (χ1v) is 8.21. The lowest BCUT2D eigenvalue weighted by atomic mass is 10.3. The molecule has 0 radical (unpaired) electrons. The highest BCUT2D eigenvalue weighted by atomic mass is 127. The van der Waals surface area contributed by atoms with Crippen molar-refractivity contribution in [3.63, 3.8) is 0 Å².